The number of thioether (sulfide) groups is 2. The van der Waals surface area contributed by atoms with Gasteiger partial charge in [-0.3, -0.25) is 14.6 Å². The van der Waals surface area contributed by atoms with Gasteiger partial charge in [-0.15, -0.1) is 11.8 Å². The molecule has 24 heavy (non-hydrogen) atoms. The van der Waals surface area contributed by atoms with Crippen molar-refractivity contribution in [2.45, 2.75) is 55.4 Å². The third kappa shape index (κ3) is 2.67. The molecule has 132 valence electrons. The van der Waals surface area contributed by atoms with Crippen LogP contribution in [0.4, 0.5) is 0 Å². The number of likely N-dealkylation sites (tertiary alicyclic amines) is 1. The molecule has 0 aromatic heterocycles. The lowest BCUT2D eigenvalue weighted by molar-refractivity contribution is -0.157. The van der Waals surface area contributed by atoms with Crippen LogP contribution in [0.2, 0.25) is 0 Å². The van der Waals surface area contributed by atoms with Gasteiger partial charge in [-0.1, -0.05) is 18.7 Å². The fourth-order valence-electron chi connectivity index (χ4n) is 3.77. The summed E-state index contributed by atoms with van der Waals surface area (Å²) in [5, 5.41) is 19.8. The zero-order valence-electron chi connectivity index (χ0n) is 13.6. The fraction of sp³-hybridized carbons (Fsp3) is 0.750. The number of carbonyl (C=O) groups excluding carboxylic acids is 1. The number of aliphatic hydroxyl groups is 1. The van der Waals surface area contributed by atoms with E-state index >= 15 is 0 Å². The van der Waals surface area contributed by atoms with Gasteiger partial charge in [-0.25, -0.2) is 4.79 Å². The highest BCUT2D eigenvalue weighted by atomic mass is 32.2. The van der Waals surface area contributed by atoms with E-state index in [0.29, 0.717) is 11.7 Å². The van der Waals surface area contributed by atoms with Crippen LogP contribution in [0.5, 0.6) is 0 Å². The first-order valence-electron chi connectivity index (χ1n) is 8.57. The molecule has 8 heteroatoms. The van der Waals surface area contributed by atoms with Gasteiger partial charge in [0.25, 0.3) is 0 Å². The van der Waals surface area contributed by atoms with Gasteiger partial charge in [0.2, 0.25) is 5.91 Å². The molecule has 1 aliphatic carbocycles. The van der Waals surface area contributed by atoms with E-state index in [-0.39, 0.29) is 17.0 Å². The summed E-state index contributed by atoms with van der Waals surface area (Å²) < 4.78 is 0.745. The number of β-lactam (4-membered cyclic amide) rings is 1. The number of amides is 1. The lowest BCUT2D eigenvalue weighted by atomic mass is 9.90. The van der Waals surface area contributed by atoms with Gasteiger partial charge in [0.05, 0.1) is 16.3 Å². The van der Waals surface area contributed by atoms with Gasteiger partial charge in [-0.05, 0) is 32.2 Å². The normalized spacial score (nSPS) is 34.5. The van der Waals surface area contributed by atoms with Gasteiger partial charge in [-0.2, -0.15) is 0 Å². The van der Waals surface area contributed by atoms with Gasteiger partial charge in [0.1, 0.15) is 5.37 Å². The Kier molecular flexibility index (Phi) is 4.35. The van der Waals surface area contributed by atoms with Gasteiger partial charge < -0.3 is 10.2 Å². The van der Waals surface area contributed by atoms with E-state index in [0.717, 1.165) is 29.8 Å². The molecule has 2 N–H and O–H groups in total. The number of carbonyl (C=O) groups is 2. The summed E-state index contributed by atoms with van der Waals surface area (Å²) in [5.41, 5.74) is 0.129. The number of carboxylic acids is 1. The molecule has 0 bridgehead atoms. The first-order chi connectivity index (χ1) is 11.5. The predicted octanol–water partition coefficient (Wildman–Crippen LogP) is 1.51. The largest absolute Gasteiger partial charge is 0.477 e. The predicted molar refractivity (Wildman–Crippen MR) is 93.3 cm³/mol. The van der Waals surface area contributed by atoms with E-state index < -0.39 is 18.0 Å². The Labute approximate surface area is 149 Å². The molecule has 4 unspecified atom stereocenters. The molecule has 4 rings (SSSR count). The minimum Gasteiger partial charge on any atom is -0.477 e. The van der Waals surface area contributed by atoms with Crippen LogP contribution in [0.3, 0.4) is 0 Å². The lowest BCUT2D eigenvalue weighted by Gasteiger charge is -2.44. The number of fused-ring (bicyclic) bond motifs is 1. The number of hydrogen-bond donors (Lipinski definition) is 2. The zero-order valence-corrected chi connectivity index (χ0v) is 15.2. The summed E-state index contributed by atoms with van der Waals surface area (Å²) in [5.74, 6) is -1.76. The molecule has 3 heterocycles. The number of hydrogen-bond acceptors (Lipinski definition) is 6. The van der Waals surface area contributed by atoms with Gasteiger partial charge in [0, 0.05) is 17.8 Å². The van der Waals surface area contributed by atoms with E-state index in [1.165, 1.54) is 29.5 Å². The Morgan fingerprint density at radius 1 is 1.42 bits per heavy atom. The summed E-state index contributed by atoms with van der Waals surface area (Å²) >= 11 is 3.07. The minimum absolute atomic E-state index is 0.129. The van der Waals surface area contributed by atoms with Crippen molar-refractivity contribution in [3.63, 3.8) is 0 Å². The summed E-state index contributed by atoms with van der Waals surface area (Å²) in [6, 6.07) is 0.741. The quantitative estimate of drug-likeness (QED) is 0.686. The highest BCUT2D eigenvalue weighted by molar-refractivity contribution is 8.23. The van der Waals surface area contributed by atoms with Crippen molar-refractivity contribution in [1.29, 1.82) is 0 Å². The second kappa shape index (κ2) is 6.23. The number of carboxylic acid groups (broad SMARTS) is 1. The average Bonchev–Trinajstić information content (AvgIpc) is 3.21. The van der Waals surface area contributed by atoms with Crippen LogP contribution in [0.25, 0.3) is 0 Å². The molecule has 2 saturated heterocycles. The van der Waals surface area contributed by atoms with E-state index in [1.54, 1.807) is 11.8 Å². The first-order valence-corrected chi connectivity index (χ1v) is 10.3. The smallest absolute Gasteiger partial charge is 0.354 e. The Morgan fingerprint density at radius 3 is 2.79 bits per heavy atom. The number of aliphatic carboxylic acids is 1. The maximum atomic E-state index is 12.3. The first kappa shape index (κ1) is 16.8. The molecule has 0 aromatic carbocycles. The standard InChI is InChI=1S/C16H22N2O4S2/c1-2-10(19)11-13(20)18-12(15(21)22)16(24-14(11)18)23-9-5-6-17(7-9)8-3-4-8/h8-11,14,19H,2-7H2,1H3,(H,21,22). The molecule has 0 spiro atoms. The molecule has 3 aliphatic heterocycles. The maximum absolute atomic E-state index is 12.3. The molecular weight excluding hydrogens is 348 g/mol. The van der Waals surface area contributed by atoms with E-state index in [4.69, 9.17) is 0 Å². The second-order valence-electron chi connectivity index (χ2n) is 6.91. The van der Waals surface area contributed by atoms with Crippen molar-refractivity contribution in [2.24, 2.45) is 5.92 Å². The van der Waals surface area contributed by atoms with Crippen molar-refractivity contribution in [3.05, 3.63) is 9.93 Å². The van der Waals surface area contributed by atoms with Crippen LogP contribution in [0, 0.1) is 5.92 Å². The Morgan fingerprint density at radius 2 is 2.17 bits per heavy atom. The van der Waals surface area contributed by atoms with Crippen LogP contribution in [-0.4, -0.2) is 67.7 Å². The lowest BCUT2D eigenvalue weighted by Crippen LogP contribution is -2.61. The summed E-state index contributed by atoms with van der Waals surface area (Å²) in [6.45, 7) is 3.93. The third-order valence-electron chi connectivity index (χ3n) is 5.30. The average molecular weight is 370 g/mol. The monoisotopic (exact) mass is 370 g/mol. The Balaban J connectivity index is 1.48. The van der Waals surface area contributed by atoms with Crippen molar-refractivity contribution in [3.8, 4) is 0 Å². The molecule has 0 radical (unpaired) electrons. The molecule has 3 fully saturated rings. The number of aliphatic hydroxyl groups excluding tert-OH is 1. The van der Waals surface area contributed by atoms with E-state index in [1.807, 2.05) is 6.92 Å². The Hall–Kier alpha value is -0.700. The highest BCUT2D eigenvalue weighted by Crippen LogP contribution is 2.55. The fourth-order valence-corrected chi connectivity index (χ4v) is 7.06. The summed E-state index contributed by atoms with van der Waals surface area (Å²) in [4.78, 5) is 27.9. The molecule has 1 saturated carbocycles. The SMILES string of the molecule is CCC(O)C1C(=O)N2C(C(=O)O)=C(SC3CCN(C4CC4)C3)SC12. The Bertz CT molecular complexity index is 607. The van der Waals surface area contributed by atoms with Crippen LogP contribution in [0.15, 0.2) is 9.93 Å². The molecular formula is C16H22N2O4S2. The zero-order chi connectivity index (χ0) is 17.0. The second-order valence-corrected chi connectivity index (χ2v) is 9.61. The van der Waals surface area contributed by atoms with E-state index in [9.17, 15) is 19.8 Å². The highest BCUT2D eigenvalue weighted by Gasteiger charge is 2.58. The molecule has 1 amide bonds. The maximum Gasteiger partial charge on any atom is 0.354 e. The van der Waals surface area contributed by atoms with Crippen LogP contribution in [0.1, 0.15) is 32.6 Å². The number of nitrogens with zero attached hydrogens (tertiary/aromatic N) is 2. The summed E-state index contributed by atoms with van der Waals surface area (Å²) in [6.07, 6.45) is 3.46. The van der Waals surface area contributed by atoms with Crippen LogP contribution in [-0.2, 0) is 9.59 Å². The molecule has 4 atom stereocenters. The van der Waals surface area contributed by atoms with Gasteiger partial charge >= 0.3 is 5.97 Å². The number of rotatable bonds is 6. The van der Waals surface area contributed by atoms with Crippen molar-refractivity contribution >= 4 is 35.4 Å². The molecule has 4 aliphatic rings. The van der Waals surface area contributed by atoms with Crippen molar-refractivity contribution in [2.75, 3.05) is 13.1 Å². The minimum atomic E-state index is -1.04. The van der Waals surface area contributed by atoms with Crippen molar-refractivity contribution < 1.29 is 19.8 Å². The topological polar surface area (TPSA) is 81.1 Å². The van der Waals surface area contributed by atoms with Crippen LogP contribution < -0.4 is 0 Å². The van der Waals surface area contributed by atoms with Crippen LogP contribution >= 0.6 is 23.5 Å². The van der Waals surface area contributed by atoms with Crippen molar-refractivity contribution in [1.82, 2.24) is 9.80 Å². The third-order valence-corrected chi connectivity index (χ3v) is 8.15. The van der Waals surface area contributed by atoms with Gasteiger partial charge in [0.15, 0.2) is 5.70 Å². The molecule has 0 aromatic rings. The van der Waals surface area contributed by atoms with E-state index in [2.05, 4.69) is 4.90 Å². The molecule has 6 nitrogen and oxygen atoms in total. The summed E-state index contributed by atoms with van der Waals surface area (Å²) in [7, 11) is 0.